The zero-order chi connectivity index (χ0) is 41.4. The average molecular weight is 823 g/mol. The molecule has 0 amide bonds. The van der Waals surface area contributed by atoms with Gasteiger partial charge in [0.05, 0.1) is 11.0 Å². The van der Waals surface area contributed by atoms with Gasteiger partial charge >= 0.3 is 0 Å². The van der Waals surface area contributed by atoms with E-state index in [0.717, 1.165) is 60.8 Å². The molecule has 6 heteroatoms. The Bertz CT molecular complexity index is 3900. The van der Waals surface area contributed by atoms with Crippen molar-refractivity contribution in [2.75, 3.05) is 0 Å². The van der Waals surface area contributed by atoms with E-state index >= 15 is 0 Å². The van der Waals surface area contributed by atoms with Crippen LogP contribution in [0, 0.1) is 0 Å². The Balaban J connectivity index is 0.915. The number of benzene rings is 9. The van der Waals surface area contributed by atoms with E-state index in [1.807, 2.05) is 30.3 Å². The molecule has 5 nitrogen and oxygen atoms in total. The van der Waals surface area contributed by atoms with Crippen molar-refractivity contribution in [2.24, 2.45) is 0 Å². The minimum Gasteiger partial charge on any atom is -0.455 e. The molecular weight excluding hydrogens is 789 g/mol. The number of aromatic nitrogens is 4. The number of rotatable bonds is 6. The molecule has 0 N–H and O–H groups in total. The highest BCUT2D eigenvalue weighted by atomic mass is 32.1. The van der Waals surface area contributed by atoms with Gasteiger partial charge in [-0.15, -0.1) is 11.3 Å². The van der Waals surface area contributed by atoms with Crippen molar-refractivity contribution in [2.45, 2.75) is 0 Å². The second kappa shape index (κ2) is 14.2. The maximum absolute atomic E-state index is 6.38. The van der Waals surface area contributed by atoms with Crippen LogP contribution in [-0.2, 0) is 0 Å². The number of hydrogen-bond acceptors (Lipinski definition) is 5. The molecule has 13 aromatic rings. The van der Waals surface area contributed by atoms with E-state index in [4.69, 9.17) is 19.4 Å². The summed E-state index contributed by atoms with van der Waals surface area (Å²) >= 11 is 1.81. The van der Waals surface area contributed by atoms with Crippen LogP contribution in [0.4, 0.5) is 0 Å². The van der Waals surface area contributed by atoms with Crippen LogP contribution < -0.4 is 0 Å². The lowest BCUT2D eigenvalue weighted by atomic mass is 10.00. The van der Waals surface area contributed by atoms with E-state index < -0.39 is 0 Å². The summed E-state index contributed by atoms with van der Waals surface area (Å²) in [5.74, 6) is 1.90. The van der Waals surface area contributed by atoms with E-state index in [0.29, 0.717) is 17.5 Å². The van der Waals surface area contributed by atoms with E-state index in [1.165, 1.54) is 47.7 Å². The Kier molecular flexibility index (Phi) is 8.01. The summed E-state index contributed by atoms with van der Waals surface area (Å²) in [5, 5.41) is 7.04. The number of para-hydroxylation sites is 4. The van der Waals surface area contributed by atoms with Gasteiger partial charge in [0.1, 0.15) is 11.2 Å². The maximum Gasteiger partial charge on any atom is 0.164 e. The highest BCUT2D eigenvalue weighted by molar-refractivity contribution is 7.26. The van der Waals surface area contributed by atoms with Crippen molar-refractivity contribution >= 4 is 75.3 Å². The lowest BCUT2D eigenvalue weighted by Gasteiger charge is -2.10. The lowest BCUT2D eigenvalue weighted by Crippen LogP contribution is -2.00. The summed E-state index contributed by atoms with van der Waals surface area (Å²) in [6.07, 6.45) is 0. The molecule has 0 unspecified atom stereocenters. The van der Waals surface area contributed by atoms with Gasteiger partial charge in [-0.05, 0) is 65.2 Å². The third kappa shape index (κ3) is 5.80. The molecule has 294 valence electrons. The molecule has 4 aromatic heterocycles. The fourth-order valence-electron chi connectivity index (χ4n) is 9.31. The normalized spacial score (nSPS) is 11.8. The molecule has 0 aliphatic carbocycles. The third-order valence-electron chi connectivity index (χ3n) is 12.3. The van der Waals surface area contributed by atoms with E-state index in [9.17, 15) is 0 Å². The first-order valence-electron chi connectivity index (χ1n) is 21.1. The standard InChI is InChI=1S/C57H34N4OS/c1-3-13-36(14-4-1)55-58-56(37-27-25-35(26-28-37)41-19-11-20-44-43-18-8-10-23-50(43)62-54(41)44)60-57(59-55)46-21-12-24-51-53(46)45-31-29-39(34-52(45)63-51)38-30-32-49-47(33-38)42-17-7-9-22-48(42)61(49)40-15-5-2-6-16-40/h1-34H. The van der Waals surface area contributed by atoms with Crippen LogP contribution in [0.5, 0.6) is 0 Å². The van der Waals surface area contributed by atoms with Gasteiger partial charge in [0, 0.05) is 69.7 Å². The first kappa shape index (κ1) is 35.6. The van der Waals surface area contributed by atoms with Crippen molar-refractivity contribution < 1.29 is 4.42 Å². The molecule has 0 aliphatic heterocycles. The number of fused-ring (bicyclic) bond motifs is 9. The Morgan fingerprint density at radius 2 is 0.968 bits per heavy atom. The fourth-order valence-corrected chi connectivity index (χ4v) is 10.5. The molecule has 0 fully saturated rings. The molecule has 0 saturated carbocycles. The van der Waals surface area contributed by atoms with E-state index in [1.54, 1.807) is 11.3 Å². The lowest BCUT2D eigenvalue weighted by molar-refractivity contribution is 0.670. The first-order chi connectivity index (χ1) is 31.2. The molecule has 4 heterocycles. The van der Waals surface area contributed by atoms with Crippen molar-refractivity contribution in [3.63, 3.8) is 0 Å². The molecular formula is C57H34N4OS. The van der Waals surface area contributed by atoms with Crippen molar-refractivity contribution in [1.29, 1.82) is 0 Å². The van der Waals surface area contributed by atoms with Crippen LogP contribution in [0.3, 0.4) is 0 Å². The van der Waals surface area contributed by atoms with Crippen molar-refractivity contribution in [3.8, 4) is 62.1 Å². The predicted octanol–water partition coefficient (Wildman–Crippen LogP) is 15.6. The first-order valence-corrected chi connectivity index (χ1v) is 21.9. The summed E-state index contributed by atoms with van der Waals surface area (Å²) in [5.41, 5.74) is 12.6. The van der Waals surface area contributed by atoms with Gasteiger partial charge in [-0.25, -0.2) is 15.0 Å². The molecule has 0 aliphatic rings. The van der Waals surface area contributed by atoms with Crippen LogP contribution in [0.1, 0.15) is 0 Å². The summed E-state index contributed by atoms with van der Waals surface area (Å²) in [7, 11) is 0. The smallest absolute Gasteiger partial charge is 0.164 e. The Labute approximate surface area is 365 Å². The maximum atomic E-state index is 6.38. The topological polar surface area (TPSA) is 56.7 Å². The average Bonchev–Trinajstić information content (AvgIpc) is 4.04. The Morgan fingerprint density at radius 3 is 1.81 bits per heavy atom. The summed E-state index contributed by atoms with van der Waals surface area (Å²) in [6, 6.07) is 72.7. The van der Waals surface area contributed by atoms with Crippen LogP contribution in [-0.4, -0.2) is 19.5 Å². The SMILES string of the molecule is c1ccc(-c2nc(-c3ccc(-c4cccc5c4oc4ccccc45)cc3)nc(-c3cccc4sc5cc(-c6ccc7c(c6)c6ccccc6n7-c6ccccc6)ccc5c34)n2)cc1. The van der Waals surface area contributed by atoms with Crippen LogP contribution in [0.15, 0.2) is 211 Å². The number of nitrogens with zero attached hydrogens (tertiary/aromatic N) is 4. The molecule has 0 saturated heterocycles. The van der Waals surface area contributed by atoms with E-state index in [-0.39, 0.29) is 0 Å². The summed E-state index contributed by atoms with van der Waals surface area (Å²) in [4.78, 5) is 15.5. The van der Waals surface area contributed by atoms with Crippen LogP contribution in [0.25, 0.3) is 126 Å². The zero-order valence-electron chi connectivity index (χ0n) is 33.7. The number of furan rings is 1. The molecule has 0 atom stereocenters. The number of hydrogen-bond donors (Lipinski definition) is 0. The van der Waals surface area contributed by atoms with Gasteiger partial charge < -0.3 is 8.98 Å². The van der Waals surface area contributed by atoms with Gasteiger partial charge in [0.15, 0.2) is 17.5 Å². The fraction of sp³-hybridized carbons (Fsp3) is 0. The Morgan fingerprint density at radius 1 is 0.365 bits per heavy atom. The summed E-state index contributed by atoms with van der Waals surface area (Å²) in [6.45, 7) is 0. The van der Waals surface area contributed by atoms with Gasteiger partial charge in [-0.3, -0.25) is 0 Å². The molecule has 0 radical (unpaired) electrons. The minimum absolute atomic E-state index is 0.621. The van der Waals surface area contributed by atoms with Gasteiger partial charge in [-0.2, -0.15) is 0 Å². The number of thiophene rings is 1. The Hall–Kier alpha value is -8.19. The van der Waals surface area contributed by atoms with Crippen molar-refractivity contribution in [3.05, 3.63) is 206 Å². The highest BCUT2D eigenvalue weighted by Crippen LogP contribution is 2.43. The molecule has 13 rings (SSSR count). The van der Waals surface area contributed by atoms with Crippen molar-refractivity contribution in [1.82, 2.24) is 19.5 Å². The summed E-state index contributed by atoms with van der Waals surface area (Å²) < 4.78 is 11.1. The molecule has 0 bridgehead atoms. The van der Waals surface area contributed by atoms with Gasteiger partial charge in [0.25, 0.3) is 0 Å². The quantitative estimate of drug-likeness (QED) is 0.168. The largest absolute Gasteiger partial charge is 0.455 e. The molecule has 9 aromatic carbocycles. The second-order valence-corrected chi connectivity index (χ2v) is 17.0. The molecule has 0 spiro atoms. The molecule has 63 heavy (non-hydrogen) atoms. The van der Waals surface area contributed by atoms with Crippen LogP contribution in [0.2, 0.25) is 0 Å². The van der Waals surface area contributed by atoms with Gasteiger partial charge in [0.2, 0.25) is 0 Å². The highest BCUT2D eigenvalue weighted by Gasteiger charge is 2.19. The van der Waals surface area contributed by atoms with E-state index in [2.05, 4.69) is 180 Å². The zero-order valence-corrected chi connectivity index (χ0v) is 34.6. The third-order valence-corrected chi connectivity index (χ3v) is 13.4. The van der Waals surface area contributed by atoms with Crippen LogP contribution >= 0.6 is 11.3 Å². The second-order valence-electron chi connectivity index (χ2n) is 15.9. The van der Waals surface area contributed by atoms with Gasteiger partial charge in [-0.1, -0.05) is 158 Å². The monoisotopic (exact) mass is 822 g/mol. The minimum atomic E-state index is 0.621. The predicted molar refractivity (Wildman–Crippen MR) is 262 cm³/mol.